The van der Waals surface area contributed by atoms with Crippen molar-refractivity contribution in [2.75, 3.05) is 13.6 Å². The maximum atomic E-state index is 11.0. The molecule has 2 atom stereocenters. The fraction of sp³-hybridized carbons (Fsp3) is 0.462. The Balaban J connectivity index is 2.81. The number of amides is 1. The van der Waals surface area contributed by atoms with E-state index in [0.29, 0.717) is 11.6 Å². The van der Waals surface area contributed by atoms with Gasteiger partial charge in [0, 0.05) is 30.1 Å². The minimum atomic E-state index is -0.337. The maximum absolute atomic E-state index is 11.0. The zero-order valence-corrected chi connectivity index (χ0v) is 11.5. The summed E-state index contributed by atoms with van der Waals surface area (Å²) >= 11 is 5.97. The van der Waals surface area contributed by atoms with E-state index in [2.05, 4.69) is 11.8 Å². The van der Waals surface area contributed by atoms with Crippen LogP contribution in [0.3, 0.4) is 0 Å². The first-order valence-corrected chi connectivity index (χ1v) is 6.29. The van der Waals surface area contributed by atoms with E-state index < -0.39 is 0 Å². The van der Waals surface area contributed by atoms with Gasteiger partial charge in [0.15, 0.2) is 0 Å². The van der Waals surface area contributed by atoms with Crippen molar-refractivity contribution in [1.82, 2.24) is 4.90 Å². The smallest absolute Gasteiger partial charge is 0.219 e. The zero-order valence-electron chi connectivity index (χ0n) is 10.8. The molecule has 0 spiro atoms. The second-order valence-corrected chi connectivity index (χ2v) is 4.89. The van der Waals surface area contributed by atoms with E-state index in [9.17, 15) is 4.79 Å². The van der Waals surface area contributed by atoms with E-state index in [1.807, 2.05) is 31.3 Å². The number of rotatable bonds is 6. The van der Waals surface area contributed by atoms with Crippen LogP contribution in [-0.2, 0) is 4.79 Å². The molecule has 0 fully saturated rings. The molecule has 0 aliphatic heterocycles. The second kappa shape index (κ2) is 6.73. The highest BCUT2D eigenvalue weighted by molar-refractivity contribution is 6.30. The van der Waals surface area contributed by atoms with Gasteiger partial charge in [-0.1, -0.05) is 23.7 Å². The molecule has 1 aromatic carbocycles. The molecule has 0 aliphatic rings. The summed E-state index contributed by atoms with van der Waals surface area (Å²) in [6.07, 6.45) is 0.262. The first-order chi connectivity index (χ1) is 8.45. The fourth-order valence-electron chi connectivity index (χ4n) is 1.94. The summed E-state index contributed by atoms with van der Waals surface area (Å²) in [5.74, 6) is -0.337. The molecule has 0 aliphatic carbocycles. The van der Waals surface area contributed by atoms with Crippen molar-refractivity contribution in [3.05, 3.63) is 34.9 Å². The fourth-order valence-corrected chi connectivity index (χ4v) is 2.14. The second-order valence-electron chi connectivity index (χ2n) is 4.46. The standard InChI is InChI=1S/C13H20ClN3O/c1-9(10-4-3-5-11(14)6-10)17(2)12(8-15)7-13(16)18/h3-6,9,12H,7-8,15H2,1-2H3,(H2,16,18). The van der Waals surface area contributed by atoms with Gasteiger partial charge in [0.25, 0.3) is 0 Å². The Kier molecular flexibility index (Phi) is 5.59. The van der Waals surface area contributed by atoms with Crippen molar-refractivity contribution in [3.63, 3.8) is 0 Å². The normalized spacial score (nSPS) is 14.5. The lowest BCUT2D eigenvalue weighted by Gasteiger charge is -2.32. The summed E-state index contributed by atoms with van der Waals surface area (Å²) in [6, 6.07) is 7.73. The largest absolute Gasteiger partial charge is 0.370 e. The van der Waals surface area contributed by atoms with Gasteiger partial charge in [-0.2, -0.15) is 0 Å². The van der Waals surface area contributed by atoms with E-state index in [0.717, 1.165) is 5.56 Å². The van der Waals surface area contributed by atoms with E-state index in [4.69, 9.17) is 23.1 Å². The molecule has 0 aromatic heterocycles. The van der Waals surface area contributed by atoms with Crippen molar-refractivity contribution in [1.29, 1.82) is 0 Å². The number of hydrogen-bond donors (Lipinski definition) is 2. The predicted molar refractivity (Wildman–Crippen MR) is 74.3 cm³/mol. The predicted octanol–water partition coefficient (Wildman–Crippen LogP) is 1.54. The van der Waals surface area contributed by atoms with Crippen LogP contribution in [0.1, 0.15) is 24.9 Å². The van der Waals surface area contributed by atoms with E-state index in [1.54, 1.807) is 0 Å². The van der Waals surface area contributed by atoms with Crippen LogP contribution < -0.4 is 11.5 Å². The van der Waals surface area contributed by atoms with Crippen LogP contribution in [0.4, 0.5) is 0 Å². The molecule has 18 heavy (non-hydrogen) atoms. The third kappa shape index (κ3) is 3.98. The van der Waals surface area contributed by atoms with Gasteiger partial charge in [-0.3, -0.25) is 9.69 Å². The highest BCUT2D eigenvalue weighted by atomic mass is 35.5. The molecule has 0 heterocycles. The molecule has 1 aromatic rings. The average molecular weight is 270 g/mol. The van der Waals surface area contributed by atoms with Crippen molar-refractivity contribution in [2.45, 2.75) is 25.4 Å². The van der Waals surface area contributed by atoms with Gasteiger partial charge >= 0.3 is 0 Å². The first-order valence-electron chi connectivity index (χ1n) is 5.91. The molecule has 5 heteroatoms. The zero-order chi connectivity index (χ0) is 13.7. The highest BCUT2D eigenvalue weighted by Crippen LogP contribution is 2.23. The minimum Gasteiger partial charge on any atom is -0.370 e. The monoisotopic (exact) mass is 269 g/mol. The van der Waals surface area contributed by atoms with Crippen LogP contribution in [0.5, 0.6) is 0 Å². The summed E-state index contributed by atoms with van der Waals surface area (Å²) < 4.78 is 0. The number of primary amides is 1. The summed E-state index contributed by atoms with van der Waals surface area (Å²) in [4.78, 5) is 13.1. The molecular formula is C13H20ClN3O. The highest BCUT2D eigenvalue weighted by Gasteiger charge is 2.21. The molecule has 1 amide bonds. The molecule has 1 rings (SSSR count). The van der Waals surface area contributed by atoms with Crippen molar-refractivity contribution >= 4 is 17.5 Å². The summed E-state index contributed by atoms with van der Waals surface area (Å²) in [5.41, 5.74) is 12.0. The Labute approximate surface area is 113 Å². The van der Waals surface area contributed by atoms with Crippen LogP contribution in [0.25, 0.3) is 0 Å². The van der Waals surface area contributed by atoms with Gasteiger partial charge in [0.05, 0.1) is 0 Å². The van der Waals surface area contributed by atoms with Gasteiger partial charge in [-0.15, -0.1) is 0 Å². The van der Waals surface area contributed by atoms with E-state index >= 15 is 0 Å². The Morgan fingerprint density at radius 1 is 1.50 bits per heavy atom. The van der Waals surface area contributed by atoms with Crippen molar-refractivity contribution in [3.8, 4) is 0 Å². The molecule has 0 saturated carbocycles. The number of carbonyl (C=O) groups is 1. The number of nitrogens with two attached hydrogens (primary N) is 2. The van der Waals surface area contributed by atoms with Gasteiger partial charge in [-0.25, -0.2) is 0 Å². The van der Waals surface area contributed by atoms with Crippen LogP contribution in [0, 0.1) is 0 Å². The Bertz CT molecular complexity index is 411. The van der Waals surface area contributed by atoms with Gasteiger partial charge < -0.3 is 11.5 Å². The lowest BCUT2D eigenvalue weighted by molar-refractivity contribution is -0.119. The van der Waals surface area contributed by atoms with Crippen molar-refractivity contribution in [2.24, 2.45) is 11.5 Å². The molecule has 4 N–H and O–H groups in total. The maximum Gasteiger partial charge on any atom is 0.219 e. The Morgan fingerprint density at radius 2 is 2.17 bits per heavy atom. The van der Waals surface area contributed by atoms with Gasteiger partial charge in [0.1, 0.15) is 0 Å². The quantitative estimate of drug-likeness (QED) is 0.823. The molecule has 0 saturated heterocycles. The number of nitrogens with zero attached hydrogens (tertiary/aromatic N) is 1. The van der Waals surface area contributed by atoms with Gasteiger partial charge in [0.2, 0.25) is 5.91 Å². The topological polar surface area (TPSA) is 72.3 Å². The lowest BCUT2D eigenvalue weighted by atomic mass is 10.0. The molecule has 2 unspecified atom stereocenters. The summed E-state index contributed by atoms with van der Waals surface area (Å²) in [6.45, 7) is 2.44. The first kappa shape index (κ1) is 15.0. The third-order valence-electron chi connectivity index (χ3n) is 3.23. The van der Waals surface area contributed by atoms with Gasteiger partial charge in [-0.05, 0) is 31.7 Å². The Morgan fingerprint density at radius 3 is 2.67 bits per heavy atom. The van der Waals surface area contributed by atoms with Crippen LogP contribution >= 0.6 is 11.6 Å². The Hall–Kier alpha value is -1.10. The molecule has 4 nitrogen and oxygen atoms in total. The lowest BCUT2D eigenvalue weighted by Crippen LogP contribution is -2.42. The molecule has 0 bridgehead atoms. The summed E-state index contributed by atoms with van der Waals surface area (Å²) in [5, 5.41) is 0.701. The van der Waals surface area contributed by atoms with Crippen molar-refractivity contribution < 1.29 is 4.79 Å². The minimum absolute atomic E-state index is 0.0588. The van der Waals surface area contributed by atoms with Crippen LogP contribution in [0.15, 0.2) is 24.3 Å². The SMILES string of the molecule is CC(c1cccc(Cl)c1)N(C)C(CN)CC(N)=O. The number of benzene rings is 1. The number of carbonyl (C=O) groups excluding carboxylic acids is 1. The summed E-state index contributed by atoms with van der Waals surface area (Å²) in [7, 11) is 1.94. The third-order valence-corrected chi connectivity index (χ3v) is 3.46. The average Bonchev–Trinajstić information content (AvgIpc) is 2.34. The molecular weight excluding hydrogens is 250 g/mol. The van der Waals surface area contributed by atoms with Crippen LogP contribution in [0.2, 0.25) is 5.02 Å². The van der Waals surface area contributed by atoms with E-state index in [1.165, 1.54) is 0 Å². The van der Waals surface area contributed by atoms with Crippen LogP contribution in [-0.4, -0.2) is 30.4 Å². The van der Waals surface area contributed by atoms with E-state index in [-0.39, 0.29) is 24.4 Å². The number of hydrogen-bond acceptors (Lipinski definition) is 3. The molecule has 100 valence electrons. The number of halogens is 1. The number of likely N-dealkylation sites (N-methyl/N-ethyl adjacent to an activating group) is 1. The molecule has 0 radical (unpaired) electrons.